The quantitative estimate of drug-likeness (QED) is 0.814. The minimum absolute atomic E-state index is 0. The number of ether oxygens (including phenoxy) is 1. The summed E-state index contributed by atoms with van der Waals surface area (Å²) in [6.45, 7) is 8.48. The van der Waals surface area contributed by atoms with Crippen molar-refractivity contribution in [2.45, 2.75) is 77.5 Å². The monoisotopic (exact) mass is 332 g/mol. The summed E-state index contributed by atoms with van der Waals surface area (Å²) in [6, 6.07) is 0.245. The summed E-state index contributed by atoms with van der Waals surface area (Å²) in [5, 5.41) is 6.55. The molecule has 1 saturated heterocycles. The number of hydrogen-bond donors (Lipinski definition) is 2. The largest absolute Gasteiger partial charge is 0.365 e. The SMILES string of the molecule is CCC(OC1CCCC(C)C1)C(=O)NC1CNCCC1C.Cl. The lowest BCUT2D eigenvalue weighted by Gasteiger charge is -2.33. The molecule has 1 aliphatic carbocycles. The van der Waals surface area contributed by atoms with Crippen molar-refractivity contribution in [2.75, 3.05) is 13.1 Å². The van der Waals surface area contributed by atoms with Gasteiger partial charge in [0.05, 0.1) is 6.10 Å². The third-order valence-corrected chi connectivity index (χ3v) is 5.06. The number of carbonyl (C=O) groups is 1. The molecule has 0 bridgehead atoms. The van der Waals surface area contributed by atoms with Crippen LogP contribution in [-0.4, -0.2) is 37.2 Å². The molecule has 1 saturated carbocycles. The zero-order valence-electron chi connectivity index (χ0n) is 14.3. The van der Waals surface area contributed by atoms with Gasteiger partial charge in [0.15, 0.2) is 0 Å². The Morgan fingerprint density at radius 1 is 1.32 bits per heavy atom. The fourth-order valence-electron chi connectivity index (χ4n) is 3.54. The van der Waals surface area contributed by atoms with Gasteiger partial charge in [-0.05, 0) is 44.1 Å². The molecule has 5 heteroatoms. The van der Waals surface area contributed by atoms with E-state index < -0.39 is 0 Å². The number of rotatable bonds is 5. The van der Waals surface area contributed by atoms with Gasteiger partial charge in [-0.25, -0.2) is 0 Å². The van der Waals surface area contributed by atoms with Crippen LogP contribution in [0, 0.1) is 11.8 Å². The minimum atomic E-state index is -0.283. The molecule has 130 valence electrons. The van der Waals surface area contributed by atoms with Gasteiger partial charge >= 0.3 is 0 Å². The first-order valence-corrected chi connectivity index (χ1v) is 8.76. The second kappa shape index (κ2) is 9.74. The van der Waals surface area contributed by atoms with Crippen LogP contribution in [0.1, 0.15) is 59.3 Å². The van der Waals surface area contributed by atoms with Crippen molar-refractivity contribution in [3.05, 3.63) is 0 Å². The molecule has 5 atom stereocenters. The van der Waals surface area contributed by atoms with Gasteiger partial charge < -0.3 is 15.4 Å². The molecule has 0 aromatic carbocycles. The van der Waals surface area contributed by atoms with E-state index in [1.54, 1.807) is 0 Å². The Morgan fingerprint density at radius 3 is 2.73 bits per heavy atom. The maximum Gasteiger partial charge on any atom is 0.249 e. The Bertz CT molecular complexity index is 341. The van der Waals surface area contributed by atoms with Gasteiger partial charge in [-0.2, -0.15) is 0 Å². The molecule has 0 radical (unpaired) electrons. The summed E-state index contributed by atoms with van der Waals surface area (Å²) in [5.74, 6) is 1.35. The van der Waals surface area contributed by atoms with E-state index in [1.165, 1.54) is 12.8 Å². The van der Waals surface area contributed by atoms with Gasteiger partial charge in [-0.3, -0.25) is 4.79 Å². The number of nitrogens with one attached hydrogen (secondary N) is 2. The second-order valence-electron chi connectivity index (χ2n) is 7.01. The lowest BCUT2D eigenvalue weighted by atomic mass is 9.88. The van der Waals surface area contributed by atoms with E-state index in [0.717, 1.165) is 44.7 Å². The fourth-order valence-corrected chi connectivity index (χ4v) is 3.54. The minimum Gasteiger partial charge on any atom is -0.365 e. The third kappa shape index (κ3) is 5.71. The van der Waals surface area contributed by atoms with E-state index in [2.05, 4.69) is 24.5 Å². The van der Waals surface area contributed by atoms with Crippen molar-refractivity contribution in [1.29, 1.82) is 0 Å². The molecule has 0 aromatic heterocycles. The first-order chi connectivity index (χ1) is 10.1. The van der Waals surface area contributed by atoms with Crippen LogP contribution in [-0.2, 0) is 9.53 Å². The zero-order chi connectivity index (χ0) is 15.2. The standard InChI is InChI=1S/C17H32N2O2.ClH/c1-4-16(21-14-7-5-6-12(2)10-14)17(20)19-15-11-18-9-8-13(15)3;/h12-16,18H,4-11H2,1-3H3,(H,19,20);1H. The molecule has 0 aromatic rings. The lowest BCUT2D eigenvalue weighted by molar-refractivity contribution is -0.140. The molecule has 1 aliphatic heterocycles. The Morgan fingerprint density at radius 2 is 2.09 bits per heavy atom. The average molecular weight is 333 g/mol. The Balaban J connectivity index is 0.00000242. The molecule has 2 aliphatic rings. The van der Waals surface area contributed by atoms with E-state index in [9.17, 15) is 4.79 Å². The highest BCUT2D eigenvalue weighted by molar-refractivity contribution is 5.85. The number of carbonyl (C=O) groups excluding carboxylic acids is 1. The van der Waals surface area contributed by atoms with Gasteiger partial charge in [0, 0.05) is 12.6 Å². The van der Waals surface area contributed by atoms with Crippen LogP contribution in [0.2, 0.25) is 0 Å². The highest BCUT2D eigenvalue weighted by Gasteiger charge is 2.29. The number of halogens is 1. The van der Waals surface area contributed by atoms with Crippen LogP contribution >= 0.6 is 12.4 Å². The molecule has 5 unspecified atom stereocenters. The number of amides is 1. The van der Waals surface area contributed by atoms with Crippen molar-refractivity contribution in [2.24, 2.45) is 11.8 Å². The Kier molecular flexibility index (Phi) is 8.73. The molecule has 1 heterocycles. The predicted octanol–water partition coefficient (Wildman–Crippen LogP) is 2.90. The van der Waals surface area contributed by atoms with Crippen LogP contribution in [0.5, 0.6) is 0 Å². The van der Waals surface area contributed by atoms with Crippen molar-refractivity contribution in [1.82, 2.24) is 10.6 Å². The van der Waals surface area contributed by atoms with Gasteiger partial charge in [-0.1, -0.05) is 33.6 Å². The van der Waals surface area contributed by atoms with E-state index in [0.29, 0.717) is 5.92 Å². The second-order valence-corrected chi connectivity index (χ2v) is 7.01. The average Bonchev–Trinajstić information content (AvgIpc) is 2.47. The van der Waals surface area contributed by atoms with Crippen LogP contribution < -0.4 is 10.6 Å². The summed E-state index contributed by atoms with van der Waals surface area (Å²) < 4.78 is 6.12. The van der Waals surface area contributed by atoms with E-state index in [-0.39, 0.29) is 36.6 Å². The Hall–Kier alpha value is -0.320. The summed E-state index contributed by atoms with van der Waals surface area (Å²) in [5.41, 5.74) is 0. The first-order valence-electron chi connectivity index (χ1n) is 8.76. The lowest BCUT2D eigenvalue weighted by Crippen LogP contribution is -2.53. The number of piperidine rings is 1. The van der Waals surface area contributed by atoms with Gasteiger partial charge in [0.25, 0.3) is 0 Å². The van der Waals surface area contributed by atoms with Crippen molar-refractivity contribution in [3.8, 4) is 0 Å². The van der Waals surface area contributed by atoms with Crippen molar-refractivity contribution >= 4 is 18.3 Å². The summed E-state index contributed by atoms with van der Waals surface area (Å²) >= 11 is 0. The first kappa shape index (κ1) is 19.7. The van der Waals surface area contributed by atoms with Crippen LogP contribution in [0.4, 0.5) is 0 Å². The molecule has 2 fully saturated rings. The molecule has 2 N–H and O–H groups in total. The molecule has 22 heavy (non-hydrogen) atoms. The zero-order valence-corrected chi connectivity index (χ0v) is 15.1. The summed E-state index contributed by atoms with van der Waals surface area (Å²) in [7, 11) is 0. The molecule has 0 spiro atoms. The highest BCUT2D eigenvalue weighted by Crippen LogP contribution is 2.27. The summed E-state index contributed by atoms with van der Waals surface area (Å²) in [4.78, 5) is 12.5. The van der Waals surface area contributed by atoms with Crippen LogP contribution in [0.15, 0.2) is 0 Å². The van der Waals surface area contributed by atoms with Crippen LogP contribution in [0.25, 0.3) is 0 Å². The van der Waals surface area contributed by atoms with E-state index >= 15 is 0 Å². The van der Waals surface area contributed by atoms with E-state index in [1.807, 2.05) is 6.92 Å². The molecule has 4 nitrogen and oxygen atoms in total. The van der Waals surface area contributed by atoms with E-state index in [4.69, 9.17) is 4.74 Å². The van der Waals surface area contributed by atoms with Gasteiger partial charge in [-0.15, -0.1) is 12.4 Å². The molecule has 2 rings (SSSR count). The fraction of sp³-hybridized carbons (Fsp3) is 0.941. The molecular formula is C17H33ClN2O2. The highest BCUT2D eigenvalue weighted by atomic mass is 35.5. The van der Waals surface area contributed by atoms with Gasteiger partial charge in [0.2, 0.25) is 5.91 Å². The maximum atomic E-state index is 12.5. The normalized spacial score (nSPS) is 33.6. The van der Waals surface area contributed by atoms with Gasteiger partial charge in [0.1, 0.15) is 6.10 Å². The molecule has 1 amide bonds. The predicted molar refractivity (Wildman–Crippen MR) is 92.4 cm³/mol. The topological polar surface area (TPSA) is 50.4 Å². The molecular weight excluding hydrogens is 300 g/mol. The van der Waals surface area contributed by atoms with Crippen LogP contribution in [0.3, 0.4) is 0 Å². The summed E-state index contributed by atoms with van der Waals surface area (Å²) in [6.07, 6.45) is 6.61. The van der Waals surface area contributed by atoms with Crippen molar-refractivity contribution < 1.29 is 9.53 Å². The smallest absolute Gasteiger partial charge is 0.249 e. The third-order valence-electron chi connectivity index (χ3n) is 5.06. The maximum absolute atomic E-state index is 12.5. The number of hydrogen-bond acceptors (Lipinski definition) is 3. The Labute approximate surface area is 141 Å². The van der Waals surface area contributed by atoms with Crippen molar-refractivity contribution in [3.63, 3.8) is 0 Å².